The maximum absolute atomic E-state index is 11.9. The fourth-order valence-corrected chi connectivity index (χ4v) is 2.37. The minimum Gasteiger partial charge on any atom is -0.274 e. The molecule has 1 aliphatic carbocycles. The van der Waals surface area contributed by atoms with E-state index in [1.807, 2.05) is 6.07 Å². The summed E-state index contributed by atoms with van der Waals surface area (Å²) in [4.78, 5) is 24.9. The molecule has 2 atom stereocenters. The molecule has 0 radical (unpaired) electrons. The lowest BCUT2D eigenvalue weighted by atomic mass is 10.1. The van der Waals surface area contributed by atoms with Crippen molar-refractivity contribution in [3.63, 3.8) is 0 Å². The molecule has 1 aromatic carbocycles. The number of hydrogen-bond donors (Lipinski definition) is 0. The minimum absolute atomic E-state index is 0.173. The largest absolute Gasteiger partial charge is 0.274 e. The van der Waals surface area contributed by atoms with E-state index in [-0.39, 0.29) is 29.2 Å². The molecule has 5 heteroatoms. The van der Waals surface area contributed by atoms with E-state index in [0.29, 0.717) is 17.1 Å². The summed E-state index contributed by atoms with van der Waals surface area (Å²) in [6, 6.07) is 6.53. The number of amides is 2. The lowest BCUT2D eigenvalue weighted by molar-refractivity contribution is -0.123. The number of hydrogen-bond acceptors (Lipinski definition) is 3. The van der Waals surface area contributed by atoms with Crippen LogP contribution in [-0.2, 0) is 9.59 Å². The Morgan fingerprint density at radius 1 is 1.29 bits per heavy atom. The predicted octanol–water partition coefficient (Wildman–Crippen LogP) is 1.72. The number of benzene rings is 1. The smallest absolute Gasteiger partial charge is 0.237 e. The Morgan fingerprint density at radius 2 is 1.94 bits per heavy atom. The molecule has 84 valence electrons. The first kappa shape index (κ1) is 10.3. The molecule has 4 nitrogen and oxygen atoms in total. The van der Waals surface area contributed by atoms with Gasteiger partial charge in [-0.25, -0.2) is 4.90 Å². The third-order valence-corrected chi connectivity index (χ3v) is 3.42. The predicted molar refractivity (Wildman–Crippen MR) is 60.3 cm³/mol. The molecule has 1 heterocycles. The Bertz CT molecular complexity index is 571. The van der Waals surface area contributed by atoms with Crippen molar-refractivity contribution in [3.05, 3.63) is 28.8 Å². The second-order valence-electron chi connectivity index (χ2n) is 4.23. The van der Waals surface area contributed by atoms with E-state index in [4.69, 9.17) is 16.9 Å². The van der Waals surface area contributed by atoms with Crippen LogP contribution in [0.1, 0.15) is 12.0 Å². The molecule has 2 amide bonds. The average Bonchev–Trinajstić information content (AvgIpc) is 3.05. The van der Waals surface area contributed by atoms with E-state index in [1.54, 1.807) is 6.07 Å². The average molecular weight is 247 g/mol. The number of nitriles is 1. The normalized spacial score (nSPS) is 25.8. The molecule has 2 fully saturated rings. The van der Waals surface area contributed by atoms with Crippen molar-refractivity contribution in [3.8, 4) is 6.07 Å². The number of carbonyl (C=O) groups excluding carboxylic acids is 2. The fraction of sp³-hybridized carbons (Fsp3) is 0.250. The molecule has 1 aromatic rings. The molecule has 1 saturated carbocycles. The van der Waals surface area contributed by atoms with Crippen molar-refractivity contribution < 1.29 is 9.59 Å². The van der Waals surface area contributed by atoms with Crippen LogP contribution in [0.4, 0.5) is 5.69 Å². The van der Waals surface area contributed by atoms with Gasteiger partial charge in [-0.15, -0.1) is 0 Å². The number of fused-ring (bicyclic) bond motifs is 1. The van der Waals surface area contributed by atoms with Crippen LogP contribution < -0.4 is 4.90 Å². The van der Waals surface area contributed by atoms with Gasteiger partial charge in [0, 0.05) is 5.02 Å². The van der Waals surface area contributed by atoms with Gasteiger partial charge in [-0.3, -0.25) is 9.59 Å². The van der Waals surface area contributed by atoms with Crippen molar-refractivity contribution in [2.75, 3.05) is 4.90 Å². The summed E-state index contributed by atoms with van der Waals surface area (Å²) in [6.07, 6.45) is 0.649. The first-order chi connectivity index (χ1) is 8.13. The van der Waals surface area contributed by atoms with Crippen LogP contribution in [-0.4, -0.2) is 11.8 Å². The van der Waals surface area contributed by atoms with Crippen LogP contribution in [0.2, 0.25) is 5.02 Å². The van der Waals surface area contributed by atoms with Crippen molar-refractivity contribution in [2.45, 2.75) is 6.42 Å². The molecule has 1 aliphatic heterocycles. The summed E-state index contributed by atoms with van der Waals surface area (Å²) < 4.78 is 0. The Kier molecular flexibility index (Phi) is 2.01. The molecule has 3 rings (SSSR count). The number of carbonyl (C=O) groups is 2. The van der Waals surface area contributed by atoms with Gasteiger partial charge in [0.25, 0.3) is 0 Å². The topological polar surface area (TPSA) is 61.2 Å². The molecule has 0 aromatic heterocycles. The molecular formula is C12H7ClN2O2. The molecule has 17 heavy (non-hydrogen) atoms. The number of rotatable bonds is 1. The molecule has 2 unspecified atom stereocenters. The van der Waals surface area contributed by atoms with Gasteiger partial charge in [0.2, 0.25) is 11.8 Å². The minimum atomic E-state index is -0.209. The van der Waals surface area contributed by atoms with E-state index >= 15 is 0 Å². The second-order valence-corrected chi connectivity index (χ2v) is 4.67. The summed E-state index contributed by atoms with van der Waals surface area (Å²) in [5.74, 6) is -0.765. The third-order valence-electron chi connectivity index (χ3n) is 3.19. The summed E-state index contributed by atoms with van der Waals surface area (Å²) in [5.41, 5.74) is 0.597. The fourth-order valence-electron chi connectivity index (χ4n) is 2.20. The zero-order valence-corrected chi connectivity index (χ0v) is 9.44. The first-order valence-corrected chi connectivity index (χ1v) is 5.58. The molecular weight excluding hydrogens is 240 g/mol. The Morgan fingerprint density at radius 3 is 2.53 bits per heavy atom. The Balaban J connectivity index is 2.11. The maximum Gasteiger partial charge on any atom is 0.237 e. The molecule has 1 saturated heterocycles. The standard InChI is InChI=1S/C12H7ClN2O2/c13-7-2-1-6(5-14)10(3-7)15-11(16)8-4-9(8)12(15)17/h1-3,8-9H,4H2. The van der Waals surface area contributed by atoms with E-state index in [9.17, 15) is 9.59 Å². The van der Waals surface area contributed by atoms with Gasteiger partial charge in [0.05, 0.1) is 23.1 Å². The number of imide groups is 1. The van der Waals surface area contributed by atoms with Crippen LogP contribution in [0.15, 0.2) is 18.2 Å². The number of nitrogens with zero attached hydrogens (tertiary/aromatic N) is 2. The lowest BCUT2D eigenvalue weighted by Gasteiger charge is -2.17. The van der Waals surface area contributed by atoms with E-state index in [1.165, 1.54) is 12.1 Å². The molecule has 0 spiro atoms. The van der Waals surface area contributed by atoms with Crippen LogP contribution in [0, 0.1) is 23.2 Å². The Hall–Kier alpha value is -1.86. The van der Waals surface area contributed by atoms with E-state index in [0.717, 1.165) is 4.90 Å². The van der Waals surface area contributed by atoms with Gasteiger partial charge in [-0.1, -0.05) is 11.6 Å². The summed E-state index contributed by atoms with van der Waals surface area (Å²) >= 11 is 5.84. The molecule has 0 N–H and O–H groups in total. The van der Waals surface area contributed by atoms with Crippen molar-refractivity contribution >= 4 is 29.1 Å². The van der Waals surface area contributed by atoms with Crippen LogP contribution in [0.25, 0.3) is 0 Å². The zero-order valence-electron chi connectivity index (χ0n) is 8.68. The van der Waals surface area contributed by atoms with Gasteiger partial charge in [-0.05, 0) is 24.6 Å². The zero-order chi connectivity index (χ0) is 12.2. The van der Waals surface area contributed by atoms with Gasteiger partial charge in [0.15, 0.2) is 0 Å². The highest BCUT2D eigenvalue weighted by Crippen LogP contribution is 2.49. The number of halogens is 1. The van der Waals surface area contributed by atoms with Gasteiger partial charge < -0.3 is 0 Å². The van der Waals surface area contributed by atoms with Gasteiger partial charge in [-0.2, -0.15) is 5.26 Å². The van der Waals surface area contributed by atoms with Crippen LogP contribution >= 0.6 is 11.6 Å². The highest BCUT2D eigenvalue weighted by atomic mass is 35.5. The number of piperidine rings is 1. The first-order valence-electron chi connectivity index (χ1n) is 5.21. The van der Waals surface area contributed by atoms with Gasteiger partial charge in [0.1, 0.15) is 6.07 Å². The second kappa shape index (κ2) is 3.31. The quantitative estimate of drug-likeness (QED) is 0.709. The lowest BCUT2D eigenvalue weighted by Crippen LogP contribution is -2.33. The van der Waals surface area contributed by atoms with Gasteiger partial charge >= 0.3 is 0 Å². The van der Waals surface area contributed by atoms with Crippen LogP contribution in [0.5, 0.6) is 0 Å². The summed E-state index contributed by atoms with van der Waals surface area (Å²) in [6.45, 7) is 0. The third kappa shape index (κ3) is 1.36. The highest BCUT2D eigenvalue weighted by Gasteiger charge is 2.59. The molecule has 0 bridgehead atoms. The summed E-state index contributed by atoms with van der Waals surface area (Å²) in [7, 11) is 0. The summed E-state index contributed by atoms with van der Waals surface area (Å²) in [5, 5.41) is 9.38. The van der Waals surface area contributed by atoms with Crippen molar-refractivity contribution in [1.29, 1.82) is 5.26 Å². The Labute approximate surface area is 102 Å². The number of anilines is 1. The van der Waals surface area contributed by atoms with E-state index < -0.39 is 0 Å². The van der Waals surface area contributed by atoms with Crippen molar-refractivity contribution in [1.82, 2.24) is 0 Å². The van der Waals surface area contributed by atoms with E-state index in [2.05, 4.69) is 0 Å². The van der Waals surface area contributed by atoms with Crippen molar-refractivity contribution in [2.24, 2.45) is 11.8 Å². The monoisotopic (exact) mass is 246 g/mol. The highest BCUT2D eigenvalue weighted by molar-refractivity contribution is 6.31. The maximum atomic E-state index is 11.9. The SMILES string of the molecule is N#Cc1ccc(Cl)cc1N1C(=O)C2CC2C1=O. The van der Waals surface area contributed by atoms with Crippen LogP contribution in [0.3, 0.4) is 0 Å². The molecule has 2 aliphatic rings.